The zero-order chi connectivity index (χ0) is 20.6. The molecule has 0 aromatic rings. The summed E-state index contributed by atoms with van der Waals surface area (Å²) in [6.45, 7) is 10.1. The topological polar surface area (TPSA) is 121 Å². The van der Waals surface area contributed by atoms with E-state index in [4.69, 9.17) is 17.3 Å². The maximum absolute atomic E-state index is 12.6. The lowest BCUT2D eigenvalue weighted by molar-refractivity contribution is -0.131. The number of halogens is 1. The third-order valence-electron chi connectivity index (χ3n) is 5.81. The van der Waals surface area contributed by atoms with E-state index in [1.54, 1.807) is 0 Å². The van der Waals surface area contributed by atoms with Crippen molar-refractivity contribution in [2.45, 2.75) is 66.7 Å². The molecule has 31 heavy (non-hydrogen) atoms. The number of carbonyl (C=O) groups excluding carboxylic acids is 1. The van der Waals surface area contributed by atoms with Crippen molar-refractivity contribution in [2.24, 2.45) is 17.1 Å². The zero-order valence-corrected chi connectivity index (χ0v) is 19.7. The van der Waals surface area contributed by atoms with Gasteiger partial charge < -0.3 is 26.9 Å². The Labute approximate surface area is 194 Å². The molecular weight excluding hydrogens is 414 g/mol. The molecule has 2 aliphatic carbocycles. The number of nitrogens with one attached hydrogen (secondary N) is 1. The molecule has 6 nitrogen and oxygen atoms in total. The summed E-state index contributed by atoms with van der Waals surface area (Å²) in [6.07, 6.45) is 13.7. The van der Waals surface area contributed by atoms with E-state index in [1.807, 2.05) is 17.9 Å². The van der Waals surface area contributed by atoms with Gasteiger partial charge in [0.05, 0.1) is 6.54 Å². The molecule has 1 fully saturated rings. The van der Waals surface area contributed by atoms with E-state index in [9.17, 15) is 4.79 Å². The fraction of sp³-hybridized carbons (Fsp3) is 0.708. The van der Waals surface area contributed by atoms with E-state index in [-0.39, 0.29) is 29.7 Å². The molecule has 0 radical (unpaired) electrons. The molecule has 7 heteroatoms. The first-order valence-electron chi connectivity index (χ1n) is 10.8. The van der Waals surface area contributed by atoms with Crippen molar-refractivity contribution in [3.8, 4) is 0 Å². The average molecular weight is 460 g/mol. The summed E-state index contributed by atoms with van der Waals surface area (Å²) in [6, 6.07) is 0. The van der Waals surface area contributed by atoms with E-state index >= 15 is 0 Å². The first-order chi connectivity index (χ1) is 13.4. The summed E-state index contributed by atoms with van der Waals surface area (Å²) >= 11 is 6.09. The Balaban J connectivity index is 0. The number of hydrogen-bond acceptors (Lipinski definition) is 3. The zero-order valence-electron chi connectivity index (χ0n) is 18.9. The highest BCUT2D eigenvalue weighted by molar-refractivity contribution is 6.29. The summed E-state index contributed by atoms with van der Waals surface area (Å²) in [7, 11) is 0. The molecule has 0 unspecified atom stereocenters. The van der Waals surface area contributed by atoms with Gasteiger partial charge in [0, 0.05) is 23.5 Å². The van der Waals surface area contributed by atoms with Crippen LogP contribution in [0.3, 0.4) is 0 Å². The van der Waals surface area contributed by atoms with E-state index < -0.39 is 0 Å². The summed E-state index contributed by atoms with van der Waals surface area (Å²) in [5.41, 5.74) is 7.60. The monoisotopic (exact) mass is 459 g/mol. The molecule has 1 saturated carbocycles. The van der Waals surface area contributed by atoms with Crippen LogP contribution in [-0.2, 0) is 4.79 Å². The molecule has 0 bridgehead atoms. The summed E-state index contributed by atoms with van der Waals surface area (Å²) in [5.74, 6) is 0.997. The predicted octanol–water partition coefficient (Wildman–Crippen LogP) is 3.36. The predicted molar refractivity (Wildman–Crippen MR) is 133 cm³/mol. The largest absolute Gasteiger partial charge is 0.412 e. The van der Waals surface area contributed by atoms with Crippen LogP contribution in [0.1, 0.15) is 66.7 Å². The van der Waals surface area contributed by atoms with Crippen molar-refractivity contribution < 1.29 is 15.7 Å². The maximum atomic E-state index is 12.6. The lowest BCUT2D eigenvalue weighted by Crippen LogP contribution is -2.47. The summed E-state index contributed by atoms with van der Waals surface area (Å²) in [5, 5.41) is 4.32. The van der Waals surface area contributed by atoms with Gasteiger partial charge in [-0.05, 0) is 61.9 Å². The number of amides is 1. The van der Waals surface area contributed by atoms with Gasteiger partial charge in [-0.2, -0.15) is 0 Å². The van der Waals surface area contributed by atoms with Gasteiger partial charge in [-0.1, -0.05) is 64.8 Å². The third-order valence-corrected chi connectivity index (χ3v) is 6.13. The van der Waals surface area contributed by atoms with Crippen LogP contribution < -0.4 is 11.1 Å². The van der Waals surface area contributed by atoms with E-state index in [0.717, 1.165) is 50.0 Å². The van der Waals surface area contributed by atoms with Crippen LogP contribution in [0.5, 0.6) is 0 Å². The molecule has 7 N–H and O–H groups in total. The van der Waals surface area contributed by atoms with Gasteiger partial charge in [-0.25, -0.2) is 0 Å². The van der Waals surface area contributed by atoms with Crippen molar-refractivity contribution in [3.63, 3.8) is 0 Å². The smallest absolute Gasteiger partial charge is 0.236 e. The van der Waals surface area contributed by atoms with Crippen molar-refractivity contribution in [1.82, 2.24) is 10.2 Å². The molecular formula is C24H46ClN3O3. The Hall–Kier alpha value is -1.18. The fourth-order valence-corrected chi connectivity index (χ4v) is 4.56. The fourth-order valence-electron chi connectivity index (χ4n) is 4.41. The molecule has 1 heterocycles. The molecule has 3 aliphatic rings. The molecule has 182 valence electrons. The van der Waals surface area contributed by atoms with E-state index in [2.05, 4.69) is 31.3 Å². The van der Waals surface area contributed by atoms with Crippen LogP contribution in [0.2, 0.25) is 0 Å². The van der Waals surface area contributed by atoms with Gasteiger partial charge in [-0.3, -0.25) is 4.79 Å². The van der Waals surface area contributed by atoms with Crippen LogP contribution in [0.25, 0.3) is 0 Å². The van der Waals surface area contributed by atoms with Crippen molar-refractivity contribution in [1.29, 1.82) is 0 Å². The highest BCUT2D eigenvalue weighted by atomic mass is 35.5. The number of rotatable bonds is 5. The van der Waals surface area contributed by atoms with Crippen LogP contribution >= 0.6 is 11.6 Å². The standard InChI is InChI=1S/C21H31ClN2O.C2H7N.CH4.2H2O/c1-21(2)15-24(20(25)14-23-13-16-5-3-4-6-16)12-11-19(21)17-7-9-18(22)10-8-17;1-2-3;;;/h7,9,11,16,23H,3-6,8,10,12-15H2,1-2H3;2-3H2,1H3;1H4;2*1H2. The lowest BCUT2D eigenvalue weighted by atomic mass is 9.75. The third kappa shape index (κ3) is 9.87. The lowest BCUT2D eigenvalue weighted by Gasteiger charge is -2.40. The Kier molecular flexibility index (Phi) is 16.1. The maximum Gasteiger partial charge on any atom is 0.236 e. The minimum absolute atomic E-state index is 0. The van der Waals surface area contributed by atoms with Gasteiger partial charge in [0.2, 0.25) is 5.91 Å². The number of hydrogen-bond donors (Lipinski definition) is 2. The molecule has 1 aliphatic heterocycles. The first kappa shape index (κ1) is 32.0. The molecule has 0 spiro atoms. The highest BCUT2D eigenvalue weighted by Gasteiger charge is 2.33. The normalized spacial score (nSPS) is 19.9. The number of nitrogens with zero attached hydrogens (tertiary/aromatic N) is 1. The van der Waals surface area contributed by atoms with Gasteiger partial charge >= 0.3 is 0 Å². The summed E-state index contributed by atoms with van der Waals surface area (Å²) in [4.78, 5) is 14.6. The van der Waals surface area contributed by atoms with Crippen molar-refractivity contribution >= 4 is 17.5 Å². The highest BCUT2D eigenvalue weighted by Crippen LogP contribution is 2.39. The number of nitrogens with two attached hydrogens (primary N) is 1. The summed E-state index contributed by atoms with van der Waals surface area (Å²) < 4.78 is 0. The quantitative estimate of drug-likeness (QED) is 0.655. The van der Waals surface area contributed by atoms with Crippen LogP contribution in [0.4, 0.5) is 0 Å². The number of allylic oxidation sites excluding steroid dienone is 4. The first-order valence-corrected chi connectivity index (χ1v) is 11.2. The number of carbonyl (C=O) groups is 1. The van der Waals surface area contributed by atoms with Gasteiger partial charge in [0.1, 0.15) is 0 Å². The Morgan fingerprint density at radius 2 is 1.84 bits per heavy atom. The van der Waals surface area contributed by atoms with Gasteiger partial charge in [0.25, 0.3) is 0 Å². The van der Waals surface area contributed by atoms with Crippen molar-refractivity contribution in [3.05, 3.63) is 34.4 Å². The Bertz CT molecular complexity index is 624. The SMILES string of the molecule is C.CC1(C)CN(C(=O)CNCC2CCCC2)CC=C1C1=CC=C(Cl)CC1.CCN.O.O. The minimum Gasteiger partial charge on any atom is -0.412 e. The second-order valence-electron chi connectivity index (χ2n) is 8.77. The molecule has 0 atom stereocenters. The average Bonchev–Trinajstić information content (AvgIpc) is 3.16. The molecule has 0 aromatic carbocycles. The van der Waals surface area contributed by atoms with Crippen LogP contribution in [-0.4, -0.2) is 54.5 Å². The molecule has 0 saturated heterocycles. The minimum atomic E-state index is -0.0111. The molecule has 0 aromatic heterocycles. The molecule has 1 amide bonds. The van der Waals surface area contributed by atoms with Crippen LogP contribution in [0.15, 0.2) is 34.4 Å². The van der Waals surface area contributed by atoms with Gasteiger partial charge in [0.15, 0.2) is 0 Å². The second-order valence-corrected chi connectivity index (χ2v) is 9.26. The van der Waals surface area contributed by atoms with Crippen molar-refractivity contribution in [2.75, 3.05) is 32.7 Å². The Morgan fingerprint density at radius 1 is 1.23 bits per heavy atom. The second kappa shape index (κ2) is 15.6. The van der Waals surface area contributed by atoms with E-state index in [0.29, 0.717) is 6.54 Å². The van der Waals surface area contributed by atoms with Crippen LogP contribution in [0, 0.1) is 11.3 Å². The van der Waals surface area contributed by atoms with E-state index in [1.165, 1.54) is 36.8 Å². The van der Waals surface area contributed by atoms with Gasteiger partial charge in [-0.15, -0.1) is 0 Å². The Morgan fingerprint density at radius 3 is 2.35 bits per heavy atom. The molecule has 3 rings (SSSR count).